The van der Waals surface area contributed by atoms with E-state index in [-0.39, 0.29) is 5.56 Å². The number of methoxy groups -OCH3 is 1. The van der Waals surface area contributed by atoms with E-state index in [0.717, 1.165) is 22.2 Å². The van der Waals surface area contributed by atoms with Crippen LogP contribution in [-0.2, 0) is 6.54 Å². The SMILES string of the molecule is COc1ccc2[nH]c(=O)c(C[NH2+]C(C)C)cc2c1. The zero-order valence-electron chi connectivity index (χ0n) is 11.0. The maximum atomic E-state index is 11.9. The number of quaternary nitrogens is 1. The van der Waals surface area contributed by atoms with Crippen molar-refractivity contribution in [3.8, 4) is 5.75 Å². The zero-order chi connectivity index (χ0) is 13.1. The Bertz CT molecular complexity index is 602. The fraction of sp³-hybridized carbons (Fsp3) is 0.357. The Morgan fingerprint density at radius 3 is 2.78 bits per heavy atom. The smallest absolute Gasteiger partial charge is 0.257 e. The van der Waals surface area contributed by atoms with Crippen LogP contribution in [0.4, 0.5) is 0 Å². The van der Waals surface area contributed by atoms with Gasteiger partial charge in [-0.2, -0.15) is 0 Å². The van der Waals surface area contributed by atoms with Gasteiger partial charge < -0.3 is 15.0 Å². The van der Waals surface area contributed by atoms with Crippen LogP contribution in [0, 0.1) is 0 Å². The van der Waals surface area contributed by atoms with Crippen molar-refractivity contribution in [2.24, 2.45) is 0 Å². The highest BCUT2D eigenvalue weighted by Crippen LogP contribution is 2.18. The lowest BCUT2D eigenvalue weighted by molar-refractivity contribution is -0.698. The Balaban J connectivity index is 2.42. The first-order valence-electron chi connectivity index (χ1n) is 6.13. The van der Waals surface area contributed by atoms with Crippen molar-refractivity contribution in [3.05, 3.63) is 40.2 Å². The lowest BCUT2D eigenvalue weighted by Gasteiger charge is -2.06. The molecule has 0 radical (unpaired) electrons. The Morgan fingerprint density at radius 1 is 1.33 bits per heavy atom. The van der Waals surface area contributed by atoms with Crippen LogP contribution in [0.5, 0.6) is 5.75 Å². The summed E-state index contributed by atoms with van der Waals surface area (Å²) in [5.41, 5.74) is 1.63. The third-order valence-corrected chi connectivity index (χ3v) is 2.94. The largest absolute Gasteiger partial charge is 0.497 e. The van der Waals surface area contributed by atoms with E-state index >= 15 is 0 Å². The summed E-state index contributed by atoms with van der Waals surface area (Å²) >= 11 is 0. The molecule has 4 heteroatoms. The normalized spacial score (nSPS) is 11.1. The molecule has 0 aliphatic rings. The van der Waals surface area contributed by atoms with Crippen LogP contribution in [0.2, 0.25) is 0 Å². The minimum atomic E-state index is -0.00966. The second kappa shape index (κ2) is 5.23. The number of benzene rings is 1. The number of fused-ring (bicyclic) bond motifs is 1. The van der Waals surface area contributed by atoms with Crippen LogP contribution in [0.3, 0.4) is 0 Å². The molecule has 0 spiro atoms. The molecule has 0 aliphatic heterocycles. The van der Waals surface area contributed by atoms with Crippen molar-refractivity contribution in [2.45, 2.75) is 26.4 Å². The van der Waals surface area contributed by atoms with E-state index in [9.17, 15) is 4.79 Å². The molecule has 0 saturated carbocycles. The number of nitrogens with two attached hydrogens (primary N) is 1. The van der Waals surface area contributed by atoms with E-state index < -0.39 is 0 Å². The molecular weight excluding hydrogens is 228 g/mol. The van der Waals surface area contributed by atoms with Crippen molar-refractivity contribution in [1.29, 1.82) is 0 Å². The number of rotatable bonds is 4. The lowest BCUT2D eigenvalue weighted by Crippen LogP contribution is -2.87. The molecule has 4 nitrogen and oxygen atoms in total. The second-order valence-corrected chi connectivity index (χ2v) is 4.76. The summed E-state index contributed by atoms with van der Waals surface area (Å²) in [6, 6.07) is 8.06. The number of hydrogen-bond acceptors (Lipinski definition) is 2. The molecule has 2 aromatic rings. The summed E-state index contributed by atoms with van der Waals surface area (Å²) < 4.78 is 5.19. The van der Waals surface area contributed by atoms with Crippen molar-refractivity contribution in [1.82, 2.24) is 4.98 Å². The monoisotopic (exact) mass is 247 g/mol. The summed E-state index contributed by atoms with van der Waals surface area (Å²) in [5.74, 6) is 0.799. The molecule has 0 atom stereocenters. The minimum Gasteiger partial charge on any atom is -0.497 e. The molecule has 0 saturated heterocycles. The maximum absolute atomic E-state index is 11.9. The Kier molecular flexibility index (Phi) is 3.67. The topological polar surface area (TPSA) is 58.7 Å². The van der Waals surface area contributed by atoms with Gasteiger partial charge in [-0.25, -0.2) is 0 Å². The predicted octanol–water partition coefficient (Wildman–Crippen LogP) is 1.01. The first-order valence-corrected chi connectivity index (χ1v) is 6.13. The molecule has 1 aromatic heterocycles. The van der Waals surface area contributed by atoms with Gasteiger partial charge in [0, 0.05) is 10.9 Å². The van der Waals surface area contributed by atoms with Gasteiger partial charge in [0.2, 0.25) is 0 Å². The molecular formula is C14H19N2O2+. The molecule has 18 heavy (non-hydrogen) atoms. The number of aromatic nitrogens is 1. The van der Waals surface area contributed by atoms with Gasteiger partial charge in [-0.3, -0.25) is 4.79 Å². The van der Waals surface area contributed by atoms with Crippen molar-refractivity contribution in [2.75, 3.05) is 7.11 Å². The summed E-state index contributed by atoms with van der Waals surface area (Å²) in [6.45, 7) is 4.91. The zero-order valence-corrected chi connectivity index (χ0v) is 11.0. The summed E-state index contributed by atoms with van der Waals surface area (Å²) in [5, 5.41) is 3.14. The van der Waals surface area contributed by atoms with E-state index in [0.29, 0.717) is 12.6 Å². The Labute approximate surface area is 106 Å². The van der Waals surface area contributed by atoms with Gasteiger partial charge in [-0.1, -0.05) is 0 Å². The number of H-pyrrole nitrogens is 1. The standard InChI is InChI=1S/C14H18N2O2/c1-9(2)15-8-11-6-10-7-12(18-3)4-5-13(10)16-14(11)17/h4-7,9,15H,8H2,1-3H3,(H,16,17)/p+1. The molecule has 0 fully saturated rings. The van der Waals surface area contributed by atoms with Crippen LogP contribution >= 0.6 is 0 Å². The summed E-state index contributed by atoms with van der Waals surface area (Å²) in [6.07, 6.45) is 0. The molecule has 0 unspecified atom stereocenters. The van der Waals surface area contributed by atoms with Gasteiger partial charge in [0.15, 0.2) is 0 Å². The third-order valence-electron chi connectivity index (χ3n) is 2.94. The highest BCUT2D eigenvalue weighted by molar-refractivity contribution is 5.80. The first kappa shape index (κ1) is 12.6. The lowest BCUT2D eigenvalue weighted by atomic mass is 10.1. The fourth-order valence-corrected chi connectivity index (χ4v) is 1.87. The molecule has 1 aromatic carbocycles. The average Bonchev–Trinajstić information content (AvgIpc) is 2.35. The van der Waals surface area contributed by atoms with E-state index in [1.807, 2.05) is 24.3 Å². The number of pyridine rings is 1. The maximum Gasteiger partial charge on any atom is 0.257 e. The van der Waals surface area contributed by atoms with Crippen LogP contribution in [0.15, 0.2) is 29.1 Å². The van der Waals surface area contributed by atoms with E-state index in [4.69, 9.17) is 4.74 Å². The van der Waals surface area contributed by atoms with Crippen LogP contribution < -0.4 is 15.6 Å². The van der Waals surface area contributed by atoms with Crippen molar-refractivity contribution in [3.63, 3.8) is 0 Å². The Hall–Kier alpha value is -1.81. The van der Waals surface area contributed by atoms with Crippen molar-refractivity contribution < 1.29 is 10.1 Å². The highest BCUT2D eigenvalue weighted by atomic mass is 16.5. The predicted molar refractivity (Wildman–Crippen MR) is 71.9 cm³/mol. The Morgan fingerprint density at radius 2 is 2.11 bits per heavy atom. The molecule has 0 bridgehead atoms. The van der Waals surface area contributed by atoms with Gasteiger partial charge >= 0.3 is 0 Å². The molecule has 0 aliphatic carbocycles. The molecule has 3 N–H and O–H groups in total. The molecule has 2 rings (SSSR count). The average molecular weight is 247 g/mol. The van der Waals surface area contributed by atoms with Crippen molar-refractivity contribution >= 4 is 10.9 Å². The van der Waals surface area contributed by atoms with Crippen LogP contribution in [0.25, 0.3) is 10.9 Å². The second-order valence-electron chi connectivity index (χ2n) is 4.76. The summed E-state index contributed by atoms with van der Waals surface area (Å²) in [7, 11) is 1.64. The summed E-state index contributed by atoms with van der Waals surface area (Å²) in [4.78, 5) is 14.8. The number of ether oxygens (including phenoxy) is 1. The molecule has 96 valence electrons. The van der Waals surface area contributed by atoms with Gasteiger partial charge in [0.05, 0.1) is 18.7 Å². The third kappa shape index (κ3) is 2.71. The van der Waals surface area contributed by atoms with E-state index in [2.05, 4.69) is 24.1 Å². The molecule has 0 amide bonds. The number of aromatic amines is 1. The van der Waals surface area contributed by atoms with Gasteiger partial charge in [0.25, 0.3) is 5.56 Å². The van der Waals surface area contributed by atoms with E-state index in [1.165, 1.54) is 0 Å². The molecule has 1 heterocycles. The quantitative estimate of drug-likeness (QED) is 0.847. The minimum absolute atomic E-state index is 0.00966. The number of hydrogen-bond donors (Lipinski definition) is 2. The highest BCUT2D eigenvalue weighted by Gasteiger charge is 2.06. The first-order chi connectivity index (χ1) is 8.60. The van der Waals surface area contributed by atoms with E-state index in [1.54, 1.807) is 7.11 Å². The van der Waals surface area contributed by atoms with Crippen LogP contribution in [-0.4, -0.2) is 18.1 Å². The number of nitrogens with one attached hydrogen (secondary N) is 1. The van der Waals surface area contributed by atoms with Gasteiger partial charge in [0.1, 0.15) is 12.3 Å². The van der Waals surface area contributed by atoms with Gasteiger partial charge in [-0.15, -0.1) is 0 Å². The van der Waals surface area contributed by atoms with Crippen LogP contribution in [0.1, 0.15) is 19.4 Å². The van der Waals surface area contributed by atoms with Gasteiger partial charge in [-0.05, 0) is 38.1 Å². The fourth-order valence-electron chi connectivity index (χ4n) is 1.87.